The van der Waals surface area contributed by atoms with Gasteiger partial charge in [0.1, 0.15) is 34.9 Å². The first-order valence-corrected chi connectivity index (χ1v) is 10.9. The number of amides is 1. The van der Waals surface area contributed by atoms with Gasteiger partial charge in [-0.25, -0.2) is 19.0 Å². The Morgan fingerprint density at radius 1 is 1.24 bits per heavy atom. The highest BCUT2D eigenvalue weighted by molar-refractivity contribution is 5.87. The number of aryl methyl sites for hydroxylation is 1. The number of aromatic nitrogens is 1. The maximum Gasteiger partial charge on any atom is 0.411 e. The summed E-state index contributed by atoms with van der Waals surface area (Å²) < 4.78 is 37.9. The molecular formula is C24H29FN2O6. The van der Waals surface area contributed by atoms with Gasteiger partial charge in [-0.3, -0.25) is 4.90 Å². The monoisotopic (exact) mass is 460 g/mol. The number of ether oxygens (including phenoxy) is 4. The van der Waals surface area contributed by atoms with E-state index in [0.29, 0.717) is 33.7 Å². The highest BCUT2D eigenvalue weighted by atomic mass is 19.1. The van der Waals surface area contributed by atoms with Crippen molar-refractivity contribution in [2.45, 2.75) is 64.0 Å². The molecule has 1 fully saturated rings. The minimum Gasteiger partial charge on any atom is -0.497 e. The summed E-state index contributed by atoms with van der Waals surface area (Å²) in [7, 11) is 2.80. The maximum absolute atomic E-state index is 15.8. The molecule has 0 bridgehead atoms. The van der Waals surface area contributed by atoms with Crippen LogP contribution in [0.15, 0.2) is 18.2 Å². The Bertz CT molecular complexity index is 1110. The highest BCUT2D eigenvalue weighted by Gasteiger charge is 2.55. The Labute approximate surface area is 191 Å². The van der Waals surface area contributed by atoms with Gasteiger partial charge in [-0.2, -0.15) is 0 Å². The van der Waals surface area contributed by atoms with Crippen molar-refractivity contribution in [2.24, 2.45) is 0 Å². The van der Waals surface area contributed by atoms with Crippen molar-refractivity contribution in [1.29, 1.82) is 0 Å². The summed E-state index contributed by atoms with van der Waals surface area (Å²) in [5.41, 5.74) is -0.277. The molecule has 4 rings (SSSR count). The van der Waals surface area contributed by atoms with Crippen LogP contribution in [0, 0.1) is 6.92 Å². The molecule has 1 aromatic heterocycles. The number of carbonyl (C=O) groups excluding carboxylic acids is 2. The number of fused-ring (bicyclic) bond motifs is 3. The molecule has 2 aliphatic heterocycles. The average molecular weight is 461 g/mol. The predicted octanol–water partition coefficient (Wildman–Crippen LogP) is 4.27. The molecule has 1 amide bonds. The molecule has 0 saturated carbocycles. The van der Waals surface area contributed by atoms with Crippen LogP contribution in [-0.4, -0.2) is 60.0 Å². The molecule has 3 atom stereocenters. The summed E-state index contributed by atoms with van der Waals surface area (Å²) in [6.45, 7) is 6.97. The van der Waals surface area contributed by atoms with Crippen molar-refractivity contribution in [3.8, 4) is 11.5 Å². The van der Waals surface area contributed by atoms with E-state index in [1.807, 2.05) is 0 Å². The molecule has 3 heterocycles. The van der Waals surface area contributed by atoms with Gasteiger partial charge in [-0.15, -0.1) is 0 Å². The number of nitrogens with zero attached hydrogens (tertiary/aromatic N) is 2. The molecule has 1 aromatic carbocycles. The second kappa shape index (κ2) is 8.04. The van der Waals surface area contributed by atoms with Gasteiger partial charge in [0.25, 0.3) is 0 Å². The number of benzene rings is 1. The van der Waals surface area contributed by atoms with Crippen molar-refractivity contribution in [2.75, 3.05) is 20.8 Å². The fourth-order valence-corrected chi connectivity index (χ4v) is 4.66. The van der Waals surface area contributed by atoms with Crippen LogP contribution >= 0.6 is 0 Å². The normalized spacial score (nSPS) is 24.4. The number of halogens is 1. The van der Waals surface area contributed by atoms with Gasteiger partial charge in [0.2, 0.25) is 0 Å². The van der Waals surface area contributed by atoms with Crippen LogP contribution in [0.1, 0.15) is 51.0 Å². The first-order chi connectivity index (χ1) is 15.5. The molecule has 0 radical (unpaired) electrons. The summed E-state index contributed by atoms with van der Waals surface area (Å²) >= 11 is 0. The predicted molar refractivity (Wildman–Crippen MR) is 118 cm³/mol. The molecule has 0 aliphatic carbocycles. The second-order valence-corrected chi connectivity index (χ2v) is 9.63. The molecule has 2 aliphatic rings. The van der Waals surface area contributed by atoms with E-state index in [4.69, 9.17) is 18.9 Å². The largest absolute Gasteiger partial charge is 0.497 e. The Morgan fingerprint density at radius 3 is 2.61 bits per heavy atom. The lowest BCUT2D eigenvalue weighted by molar-refractivity contribution is -0.145. The van der Waals surface area contributed by atoms with Crippen molar-refractivity contribution < 1.29 is 32.9 Å². The van der Waals surface area contributed by atoms with Crippen LogP contribution in [0.4, 0.5) is 9.18 Å². The van der Waals surface area contributed by atoms with E-state index in [1.165, 1.54) is 12.0 Å². The number of esters is 1. The standard InChI is InChI=1S/C24H29FN2O6/c1-13-20-19(15-9-14(30-5)7-8-17(15)26-13)16(25)10-24(32-20)11-18(21(28)31-6)27(12-24)22(29)33-23(2,3)4/h7-9,16,18H,10-12H2,1-6H3/t16-,18-,24+/m0/s1. The molecule has 0 N–H and O–H groups in total. The van der Waals surface area contributed by atoms with Crippen molar-refractivity contribution >= 4 is 23.0 Å². The number of alkyl halides is 1. The van der Waals surface area contributed by atoms with Crippen molar-refractivity contribution in [3.05, 3.63) is 29.5 Å². The Kier molecular flexibility index (Phi) is 5.62. The third-order valence-electron chi connectivity index (χ3n) is 6.04. The van der Waals surface area contributed by atoms with E-state index in [-0.39, 0.29) is 19.4 Å². The van der Waals surface area contributed by atoms with E-state index < -0.39 is 35.5 Å². The molecule has 33 heavy (non-hydrogen) atoms. The van der Waals surface area contributed by atoms with Crippen LogP contribution in [0.25, 0.3) is 10.9 Å². The maximum atomic E-state index is 15.8. The molecule has 178 valence electrons. The number of hydrogen-bond donors (Lipinski definition) is 0. The molecule has 2 aromatic rings. The number of methoxy groups -OCH3 is 2. The summed E-state index contributed by atoms with van der Waals surface area (Å²) in [6.07, 6.45) is -1.99. The highest BCUT2D eigenvalue weighted by Crippen LogP contribution is 2.50. The van der Waals surface area contributed by atoms with Crippen LogP contribution in [0.5, 0.6) is 11.5 Å². The van der Waals surface area contributed by atoms with E-state index >= 15 is 4.39 Å². The zero-order chi connectivity index (χ0) is 24.1. The Balaban J connectivity index is 1.74. The molecule has 9 heteroatoms. The molecular weight excluding hydrogens is 431 g/mol. The minimum absolute atomic E-state index is 0.00285. The summed E-state index contributed by atoms with van der Waals surface area (Å²) in [4.78, 5) is 31.3. The van der Waals surface area contributed by atoms with Crippen molar-refractivity contribution in [1.82, 2.24) is 9.88 Å². The lowest BCUT2D eigenvalue weighted by atomic mass is 9.86. The van der Waals surface area contributed by atoms with Gasteiger partial charge >= 0.3 is 12.1 Å². The zero-order valence-corrected chi connectivity index (χ0v) is 19.7. The fourth-order valence-electron chi connectivity index (χ4n) is 4.66. The molecule has 1 saturated heterocycles. The van der Waals surface area contributed by atoms with Gasteiger partial charge in [0.05, 0.1) is 32.0 Å². The zero-order valence-electron chi connectivity index (χ0n) is 19.7. The second-order valence-electron chi connectivity index (χ2n) is 9.63. The van der Waals surface area contributed by atoms with Gasteiger partial charge in [-0.1, -0.05) is 0 Å². The van der Waals surface area contributed by atoms with Gasteiger partial charge in [-0.05, 0) is 45.9 Å². The fraction of sp³-hybridized carbons (Fsp3) is 0.542. The van der Waals surface area contributed by atoms with E-state index in [9.17, 15) is 9.59 Å². The van der Waals surface area contributed by atoms with E-state index in [0.717, 1.165) is 0 Å². The number of likely N-dealkylation sites (tertiary alicyclic amines) is 1. The minimum atomic E-state index is -1.39. The SMILES string of the molecule is COC(=O)[C@@H]1C[C@]2(C[C@H](F)c3c(c(C)nc4ccc(OC)cc34)O2)CN1C(=O)OC(C)(C)C. The average Bonchev–Trinajstić information content (AvgIpc) is 3.10. The number of carbonyl (C=O) groups is 2. The summed E-state index contributed by atoms with van der Waals surface area (Å²) in [6, 6.07) is 4.36. The van der Waals surface area contributed by atoms with Gasteiger partial charge < -0.3 is 18.9 Å². The Hall–Kier alpha value is -3.10. The third-order valence-corrected chi connectivity index (χ3v) is 6.04. The lowest BCUT2D eigenvalue weighted by Gasteiger charge is -2.38. The topological polar surface area (TPSA) is 87.2 Å². The molecule has 0 unspecified atom stereocenters. The van der Waals surface area contributed by atoms with E-state index in [2.05, 4.69) is 4.98 Å². The summed E-state index contributed by atoms with van der Waals surface area (Å²) in [5, 5.41) is 0.615. The number of hydrogen-bond acceptors (Lipinski definition) is 7. The number of pyridine rings is 1. The first kappa shape index (κ1) is 23.1. The van der Waals surface area contributed by atoms with Crippen LogP contribution in [0.2, 0.25) is 0 Å². The number of rotatable bonds is 2. The quantitative estimate of drug-likeness (QED) is 0.619. The third kappa shape index (κ3) is 4.16. The van der Waals surface area contributed by atoms with Crippen LogP contribution in [-0.2, 0) is 14.3 Å². The molecule has 8 nitrogen and oxygen atoms in total. The lowest BCUT2D eigenvalue weighted by Crippen LogP contribution is -2.46. The van der Waals surface area contributed by atoms with Gasteiger partial charge in [0, 0.05) is 23.8 Å². The smallest absolute Gasteiger partial charge is 0.411 e. The van der Waals surface area contributed by atoms with Crippen molar-refractivity contribution in [3.63, 3.8) is 0 Å². The van der Waals surface area contributed by atoms with Crippen LogP contribution in [0.3, 0.4) is 0 Å². The van der Waals surface area contributed by atoms with Crippen LogP contribution < -0.4 is 9.47 Å². The Morgan fingerprint density at radius 2 is 1.97 bits per heavy atom. The van der Waals surface area contributed by atoms with E-state index in [1.54, 1.807) is 53.0 Å². The first-order valence-electron chi connectivity index (χ1n) is 10.9. The van der Waals surface area contributed by atoms with Gasteiger partial charge in [0.15, 0.2) is 0 Å². The molecule has 1 spiro atoms. The summed E-state index contributed by atoms with van der Waals surface area (Å²) in [5.74, 6) is 0.329.